The molecule has 1 amide bonds. The molecule has 0 saturated heterocycles. The van der Waals surface area contributed by atoms with Crippen molar-refractivity contribution in [2.24, 2.45) is 5.92 Å². The largest absolute Gasteiger partial charge is 0.494 e. The van der Waals surface area contributed by atoms with E-state index in [9.17, 15) is 14.7 Å². The summed E-state index contributed by atoms with van der Waals surface area (Å²) in [6, 6.07) is 14.2. The molecule has 0 heterocycles. The summed E-state index contributed by atoms with van der Waals surface area (Å²) in [6.45, 7) is 4.79. The molecule has 0 saturated carbocycles. The van der Waals surface area contributed by atoms with Gasteiger partial charge in [0.15, 0.2) is 0 Å². The van der Waals surface area contributed by atoms with Gasteiger partial charge in [-0.2, -0.15) is 0 Å². The van der Waals surface area contributed by atoms with E-state index in [0.29, 0.717) is 30.9 Å². The first kappa shape index (κ1) is 20.3. The van der Waals surface area contributed by atoms with Crippen LogP contribution in [-0.4, -0.2) is 36.7 Å². The number of ether oxygens (including phenoxy) is 2. The molecule has 2 aromatic carbocycles. The number of carbonyl (C=O) groups is 2. The van der Waals surface area contributed by atoms with Crippen LogP contribution < -0.4 is 14.8 Å². The van der Waals surface area contributed by atoms with Crippen molar-refractivity contribution in [2.75, 3.05) is 19.8 Å². The molecule has 2 N–H and O–H groups in total. The van der Waals surface area contributed by atoms with Crippen LogP contribution in [0.5, 0.6) is 11.5 Å². The quantitative estimate of drug-likeness (QED) is 0.670. The summed E-state index contributed by atoms with van der Waals surface area (Å²) in [5.41, 5.74) is 1.26. The Morgan fingerprint density at radius 2 is 1.67 bits per heavy atom. The zero-order valence-corrected chi connectivity index (χ0v) is 15.6. The Hall–Kier alpha value is -3.02. The molecule has 0 aromatic heterocycles. The second kappa shape index (κ2) is 10.2. The Balaban J connectivity index is 2.00. The van der Waals surface area contributed by atoms with E-state index >= 15 is 0 Å². The van der Waals surface area contributed by atoms with Crippen LogP contribution in [0, 0.1) is 5.92 Å². The predicted octanol–water partition coefficient (Wildman–Crippen LogP) is 3.16. The van der Waals surface area contributed by atoms with Crippen molar-refractivity contribution >= 4 is 11.9 Å². The second-order valence-corrected chi connectivity index (χ2v) is 5.96. The lowest BCUT2D eigenvalue weighted by atomic mass is 9.99. The lowest BCUT2D eigenvalue weighted by Gasteiger charge is -2.15. The number of hydrogen-bond acceptors (Lipinski definition) is 4. The van der Waals surface area contributed by atoms with E-state index < -0.39 is 11.9 Å². The molecule has 0 radical (unpaired) electrons. The third-order valence-electron chi connectivity index (χ3n) is 4.01. The number of amides is 1. The number of carbonyl (C=O) groups excluding carboxylic acids is 1. The standard InChI is InChI=1S/C21H25NO5/c1-3-26-17-11-9-15(10-12-17)13-16(21(24)25)14-22-20(23)18-7-5-6-8-19(18)27-4-2/h5-12,16H,3-4,13-14H2,1-2H3,(H,22,23)(H,24,25). The molecule has 27 heavy (non-hydrogen) atoms. The van der Waals surface area contributed by atoms with Gasteiger partial charge in [-0.15, -0.1) is 0 Å². The Labute approximate surface area is 159 Å². The number of para-hydroxylation sites is 1. The normalized spacial score (nSPS) is 11.5. The zero-order valence-electron chi connectivity index (χ0n) is 15.6. The molecule has 1 atom stereocenters. The van der Waals surface area contributed by atoms with E-state index in [1.165, 1.54) is 0 Å². The molecule has 0 aliphatic carbocycles. The zero-order chi connectivity index (χ0) is 19.6. The Kier molecular flexibility index (Phi) is 7.67. The summed E-state index contributed by atoms with van der Waals surface area (Å²) in [5, 5.41) is 12.2. The molecule has 144 valence electrons. The molecule has 0 spiro atoms. The van der Waals surface area contributed by atoms with E-state index in [1.54, 1.807) is 24.3 Å². The molecule has 6 heteroatoms. The highest BCUT2D eigenvalue weighted by molar-refractivity contribution is 5.97. The first-order valence-corrected chi connectivity index (χ1v) is 8.99. The van der Waals surface area contributed by atoms with Crippen LogP contribution in [0.2, 0.25) is 0 Å². The maximum absolute atomic E-state index is 12.4. The van der Waals surface area contributed by atoms with E-state index in [-0.39, 0.29) is 12.5 Å². The van der Waals surface area contributed by atoms with Gasteiger partial charge < -0.3 is 19.9 Å². The summed E-state index contributed by atoms with van der Waals surface area (Å²) >= 11 is 0. The predicted molar refractivity (Wildman–Crippen MR) is 102 cm³/mol. The monoisotopic (exact) mass is 371 g/mol. The first-order valence-electron chi connectivity index (χ1n) is 8.99. The number of aliphatic carboxylic acids is 1. The molecular weight excluding hydrogens is 346 g/mol. The van der Waals surface area contributed by atoms with Gasteiger partial charge in [0.05, 0.1) is 24.7 Å². The minimum absolute atomic E-state index is 0.0296. The number of benzene rings is 2. The second-order valence-electron chi connectivity index (χ2n) is 5.96. The summed E-state index contributed by atoms with van der Waals surface area (Å²) in [4.78, 5) is 24.0. The van der Waals surface area contributed by atoms with Gasteiger partial charge in [0.25, 0.3) is 5.91 Å². The molecular formula is C21H25NO5. The lowest BCUT2D eigenvalue weighted by molar-refractivity contribution is -0.141. The number of hydrogen-bond donors (Lipinski definition) is 2. The van der Waals surface area contributed by atoms with Crippen LogP contribution in [0.25, 0.3) is 0 Å². The molecule has 1 unspecified atom stereocenters. The van der Waals surface area contributed by atoms with Crippen LogP contribution in [0.4, 0.5) is 0 Å². The molecule has 0 aliphatic rings. The summed E-state index contributed by atoms with van der Waals surface area (Å²) in [6.07, 6.45) is 0.315. The fourth-order valence-corrected chi connectivity index (χ4v) is 2.67. The average molecular weight is 371 g/mol. The molecule has 6 nitrogen and oxygen atoms in total. The van der Waals surface area contributed by atoms with Gasteiger partial charge in [-0.3, -0.25) is 9.59 Å². The maximum atomic E-state index is 12.4. The average Bonchev–Trinajstić information content (AvgIpc) is 2.67. The van der Waals surface area contributed by atoms with Gasteiger partial charge in [0.2, 0.25) is 0 Å². The van der Waals surface area contributed by atoms with Crippen LogP contribution in [0.15, 0.2) is 48.5 Å². The first-order chi connectivity index (χ1) is 13.0. The highest BCUT2D eigenvalue weighted by Gasteiger charge is 2.20. The van der Waals surface area contributed by atoms with Crippen LogP contribution in [-0.2, 0) is 11.2 Å². The minimum atomic E-state index is -0.956. The molecule has 2 rings (SSSR count). The Morgan fingerprint density at radius 1 is 1.00 bits per heavy atom. The molecule has 0 bridgehead atoms. The third kappa shape index (κ3) is 6.02. The molecule has 2 aromatic rings. The SMILES string of the molecule is CCOc1ccc(CC(CNC(=O)c2ccccc2OCC)C(=O)O)cc1. The summed E-state index contributed by atoms with van der Waals surface area (Å²) < 4.78 is 10.8. The van der Waals surface area contributed by atoms with Crippen LogP contribution in [0.1, 0.15) is 29.8 Å². The minimum Gasteiger partial charge on any atom is -0.494 e. The fourth-order valence-electron chi connectivity index (χ4n) is 2.67. The Bertz CT molecular complexity index is 757. The van der Waals surface area contributed by atoms with Crippen molar-refractivity contribution < 1.29 is 24.2 Å². The summed E-state index contributed by atoms with van der Waals surface area (Å²) in [7, 11) is 0. The molecule has 0 fully saturated rings. The van der Waals surface area contributed by atoms with E-state index in [2.05, 4.69) is 5.32 Å². The lowest BCUT2D eigenvalue weighted by Crippen LogP contribution is -2.34. The van der Waals surface area contributed by atoms with Crippen molar-refractivity contribution in [3.05, 3.63) is 59.7 Å². The highest BCUT2D eigenvalue weighted by Crippen LogP contribution is 2.18. The van der Waals surface area contributed by atoms with Gasteiger partial charge >= 0.3 is 5.97 Å². The Morgan fingerprint density at radius 3 is 2.30 bits per heavy atom. The van der Waals surface area contributed by atoms with Crippen LogP contribution >= 0.6 is 0 Å². The number of rotatable bonds is 10. The smallest absolute Gasteiger partial charge is 0.308 e. The summed E-state index contributed by atoms with van der Waals surface area (Å²) in [5.74, 6) is -0.810. The topological polar surface area (TPSA) is 84.9 Å². The maximum Gasteiger partial charge on any atom is 0.308 e. The van der Waals surface area contributed by atoms with E-state index in [0.717, 1.165) is 11.3 Å². The van der Waals surface area contributed by atoms with Gasteiger partial charge in [-0.05, 0) is 50.1 Å². The molecule has 0 aliphatic heterocycles. The van der Waals surface area contributed by atoms with E-state index in [1.807, 2.05) is 38.1 Å². The number of carboxylic acids is 1. The fraction of sp³-hybridized carbons (Fsp3) is 0.333. The highest BCUT2D eigenvalue weighted by atomic mass is 16.5. The van der Waals surface area contributed by atoms with E-state index in [4.69, 9.17) is 9.47 Å². The number of carboxylic acid groups (broad SMARTS) is 1. The van der Waals surface area contributed by atoms with Crippen molar-refractivity contribution in [3.8, 4) is 11.5 Å². The van der Waals surface area contributed by atoms with Crippen molar-refractivity contribution in [2.45, 2.75) is 20.3 Å². The van der Waals surface area contributed by atoms with Crippen LogP contribution in [0.3, 0.4) is 0 Å². The van der Waals surface area contributed by atoms with Gasteiger partial charge in [-0.25, -0.2) is 0 Å². The third-order valence-corrected chi connectivity index (χ3v) is 4.01. The van der Waals surface area contributed by atoms with Gasteiger partial charge in [0, 0.05) is 6.54 Å². The van der Waals surface area contributed by atoms with Crippen molar-refractivity contribution in [1.82, 2.24) is 5.32 Å². The van der Waals surface area contributed by atoms with Crippen molar-refractivity contribution in [1.29, 1.82) is 0 Å². The number of nitrogens with one attached hydrogen (secondary N) is 1. The van der Waals surface area contributed by atoms with Gasteiger partial charge in [0.1, 0.15) is 11.5 Å². The van der Waals surface area contributed by atoms with Gasteiger partial charge in [-0.1, -0.05) is 24.3 Å². The van der Waals surface area contributed by atoms with Crippen molar-refractivity contribution in [3.63, 3.8) is 0 Å².